The fourth-order valence-corrected chi connectivity index (χ4v) is 9.32. The van der Waals surface area contributed by atoms with Crippen molar-refractivity contribution in [3.05, 3.63) is 224 Å². The molecule has 8 aromatic carbocycles. The van der Waals surface area contributed by atoms with Crippen LogP contribution in [0.15, 0.2) is 206 Å². The van der Waals surface area contributed by atoms with Gasteiger partial charge in [-0.2, -0.15) is 0 Å². The standard InChI is InChI=1S/C62H52N4O/c1-42(2)36-43-26-28-44(29-27-43)47-30-33-56-55(37-47)54-32-31-51(40-59(54)66(56)60-38-48(34-35-63-60)62(3,4)5)67-50-21-14-20-49(39-50)64-41-65(58-25-13-12-24-57(58)64)61-52(45-16-8-6-9-17-45)22-15-23-53(61)46-18-10-7-11-19-46/h6-35,37-40,42H,36H2,1-5H3/i36D2. The first-order valence-corrected chi connectivity index (χ1v) is 23.1. The van der Waals surface area contributed by atoms with E-state index in [1.54, 1.807) is 0 Å². The zero-order chi connectivity index (χ0) is 47.4. The number of aromatic nitrogens is 4. The van der Waals surface area contributed by atoms with Gasteiger partial charge in [0.15, 0.2) is 0 Å². The van der Waals surface area contributed by atoms with Gasteiger partial charge in [-0.05, 0) is 117 Å². The lowest BCUT2D eigenvalue weighted by molar-refractivity contribution is -0.571. The van der Waals surface area contributed by atoms with E-state index in [0.29, 0.717) is 17.1 Å². The summed E-state index contributed by atoms with van der Waals surface area (Å²) in [7, 11) is 0. The van der Waals surface area contributed by atoms with Crippen LogP contribution in [0.3, 0.4) is 0 Å². The molecule has 0 aliphatic rings. The molecule has 0 fully saturated rings. The van der Waals surface area contributed by atoms with Gasteiger partial charge < -0.3 is 4.74 Å². The first-order valence-electron chi connectivity index (χ1n) is 24.1. The lowest BCUT2D eigenvalue weighted by atomic mass is 9.88. The summed E-state index contributed by atoms with van der Waals surface area (Å²) in [6.07, 6.45) is 4.29. The number of pyridine rings is 1. The third kappa shape index (κ3) is 7.97. The van der Waals surface area contributed by atoms with Gasteiger partial charge in [-0.3, -0.25) is 13.7 Å². The van der Waals surface area contributed by atoms with E-state index in [-0.39, 0.29) is 11.3 Å². The SMILES string of the molecule is [2H]C([2H])(c1ccc(-c2ccc3c(c2)c2ccc(Oc4cccc(-n5[c-][n+](-c6c(-c7ccccc7)cccc6-c6ccccc6)c6ccccc65)c4)cc2n3-c2cc(C(C)(C)C)ccn2)cc1)C(C)C. The Hall–Kier alpha value is -8.02. The Morgan fingerprint density at radius 3 is 1.97 bits per heavy atom. The van der Waals surface area contributed by atoms with Gasteiger partial charge in [-0.25, -0.2) is 4.98 Å². The average molecular weight is 871 g/mol. The van der Waals surface area contributed by atoms with Crippen LogP contribution in [0.25, 0.3) is 83.4 Å². The van der Waals surface area contributed by atoms with Crippen LogP contribution in [0, 0.1) is 12.2 Å². The largest absolute Gasteiger partial charge is 0.458 e. The third-order valence-electron chi connectivity index (χ3n) is 12.6. The van der Waals surface area contributed by atoms with Crippen LogP contribution in [-0.4, -0.2) is 14.1 Å². The Morgan fingerprint density at radius 1 is 0.582 bits per heavy atom. The first kappa shape index (κ1) is 39.4. The highest BCUT2D eigenvalue weighted by molar-refractivity contribution is 6.10. The van der Waals surface area contributed by atoms with Gasteiger partial charge in [0.25, 0.3) is 6.33 Å². The Kier molecular flexibility index (Phi) is 10.0. The minimum Gasteiger partial charge on any atom is -0.458 e. The van der Waals surface area contributed by atoms with Crippen molar-refractivity contribution >= 4 is 32.8 Å². The third-order valence-corrected chi connectivity index (χ3v) is 12.6. The molecule has 0 saturated heterocycles. The summed E-state index contributed by atoms with van der Waals surface area (Å²) in [5, 5.41) is 2.17. The van der Waals surface area contributed by atoms with Gasteiger partial charge in [-0.1, -0.05) is 174 Å². The molecule has 0 aliphatic heterocycles. The second-order valence-electron chi connectivity index (χ2n) is 18.6. The number of para-hydroxylation sites is 3. The molecule has 0 bridgehead atoms. The van der Waals surface area contributed by atoms with Crippen molar-refractivity contribution in [1.82, 2.24) is 14.1 Å². The summed E-state index contributed by atoms with van der Waals surface area (Å²) in [5.41, 5.74) is 14.4. The molecular weight excluding hydrogens is 817 g/mol. The molecule has 0 radical (unpaired) electrons. The molecule has 11 aromatic rings. The van der Waals surface area contributed by atoms with Crippen LogP contribution in [0.2, 0.25) is 0 Å². The molecule has 67 heavy (non-hydrogen) atoms. The Morgan fingerprint density at radius 2 is 1.25 bits per heavy atom. The zero-order valence-corrected chi connectivity index (χ0v) is 38.4. The molecule has 0 amide bonds. The van der Waals surface area contributed by atoms with E-state index in [9.17, 15) is 0 Å². The summed E-state index contributed by atoms with van der Waals surface area (Å²) in [5.74, 6) is 2.10. The van der Waals surface area contributed by atoms with E-state index in [1.165, 1.54) is 5.56 Å². The predicted octanol–water partition coefficient (Wildman–Crippen LogP) is 15.5. The number of imidazole rings is 1. The molecule has 5 nitrogen and oxygen atoms in total. The summed E-state index contributed by atoms with van der Waals surface area (Å²) in [6, 6.07) is 69.4. The molecule has 5 heteroatoms. The highest BCUT2D eigenvalue weighted by atomic mass is 16.5. The molecule has 0 saturated carbocycles. The maximum atomic E-state index is 8.64. The molecule has 0 spiro atoms. The van der Waals surface area contributed by atoms with Crippen LogP contribution >= 0.6 is 0 Å². The van der Waals surface area contributed by atoms with Gasteiger partial charge in [0, 0.05) is 25.8 Å². The number of benzene rings is 8. The fraction of sp³-hybridized carbons (Fsp3) is 0.129. The van der Waals surface area contributed by atoms with E-state index in [4.69, 9.17) is 12.5 Å². The molecule has 0 unspecified atom stereocenters. The van der Waals surface area contributed by atoms with Crippen molar-refractivity contribution in [3.63, 3.8) is 0 Å². The Bertz CT molecular complexity index is 3620. The normalized spacial score (nSPS) is 12.5. The molecule has 3 heterocycles. The van der Waals surface area contributed by atoms with Gasteiger partial charge in [0.2, 0.25) is 0 Å². The van der Waals surface area contributed by atoms with Gasteiger partial charge >= 0.3 is 0 Å². The maximum absolute atomic E-state index is 8.64. The van der Waals surface area contributed by atoms with E-state index < -0.39 is 6.37 Å². The lowest BCUT2D eigenvalue weighted by Gasteiger charge is -2.20. The highest BCUT2D eigenvalue weighted by Crippen LogP contribution is 2.39. The van der Waals surface area contributed by atoms with E-state index in [0.717, 1.165) is 83.4 Å². The number of hydrogen-bond donors (Lipinski definition) is 0. The molecule has 326 valence electrons. The zero-order valence-electron chi connectivity index (χ0n) is 40.4. The van der Waals surface area contributed by atoms with Crippen molar-refractivity contribution in [3.8, 4) is 62.1 Å². The fourth-order valence-electron chi connectivity index (χ4n) is 9.32. The molecular formula is C62H52N4O. The minimum atomic E-state index is -1.41. The van der Waals surface area contributed by atoms with Crippen molar-refractivity contribution < 1.29 is 12.0 Å². The van der Waals surface area contributed by atoms with E-state index in [1.807, 2.05) is 62.5 Å². The predicted molar refractivity (Wildman–Crippen MR) is 276 cm³/mol. The molecule has 3 aromatic heterocycles. The summed E-state index contributed by atoms with van der Waals surface area (Å²) >= 11 is 0. The Balaban J connectivity index is 1.01. The lowest BCUT2D eigenvalue weighted by Crippen LogP contribution is -2.31. The number of fused-ring (bicyclic) bond motifs is 4. The second-order valence-corrected chi connectivity index (χ2v) is 18.6. The molecule has 0 aliphatic carbocycles. The van der Waals surface area contributed by atoms with Crippen molar-refractivity contribution in [2.24, 2.45) is 5.92 Å². The topological polar surface area (TPSA) is 35.9 Å². The van der Waals surface area contributed by atoms with Gasteiger partial charge in [-0.15, -0.1) is 0 Å². The van der Waals surface area contributed by atoms with Crippen molar-refractivity contribution in [2.45, 2.75) is 46.4 Å². The van der Waals surface area contributed by atoms with Crippen LogP contribution in [-0.2, 0) is 11.8 Å². The highest BCUT2D eigenvalue weighted by Gasteiger charge is 2.22. The summed E-state index contributed by atoms with van der Waals surface area (Å²) in [6.45, 7) is 10.5. The van der Waals surface area contributed by atoms with Crippen molar-refractivity contribution in [2.75, 3.05) is 0 Å². The Labute approximate surface area is 395 Å². The second kappa shape index (κ2) is 17.1. The van der Waals surface area contributed by atoms with Crippen LogP contribution in [0.4, 0.5) is 0 Å². The van der Waals surface area contributed by atoms with E-state index in [2.05, 4.69) is 199 Å². The summed E-state index contributed by atoms with van der Waals surface area (Å²) in [4.78, 5) is 4.95. The number of hydrogen-bond acceptors (Lipinski definition) is 2. The number of ether oxygens (including phenoxy) is 1. The van der Waals surface area contributed by atoms with Crippen LogP contribution in [0.5, 0.6) is 11.5 Å². The van der Waals surface area contributed by atoms with Crippen LogP contribution in [0.1, 0.15) is 48.5 Å². The maximum Gasteiger partial charge on any atom is 0.269 e. The van der Waals surface area contributed by atoms with Gasteiger partial charge in [0.05, 0.1) is 33.4 Å². The quantitative estimate of drug-likeness (QED) is 0.101. The summed E-state index contributed by atoms with van der Waals surface area (Å²) < 4.78 is 30.7. The van der Waals surface area contributed by atoms with Gasteiger partial charge in [0.1, 0.15) is 17.3 Å². The monoisotopic (exact) mass is 870 g/mol. The number of rotatable bonds is 10. The molecule has 11 rings (SSSR count). The molecule has 0 atom stereocenters. The van der Waals surface area contributed by atoms with Crippen molar-refractivity contribution in [1.29, 1.82) is 0 Å². The van der Waals surface area contributed by atoms with Crippen LogP contribution < -0.4 is 9.30 Å². The minimum absolute atomic E-state index is 0.0719. The smallest absolute Gasteiger partial charge is 0.269 e. The average Bonchev–Trinajstić information content (AvgIpc) is 3.92. The number of nitrogens with zero attached hydrogens (tertiary/aromatic N) is 4. The van der Waals surface area contributed by atoms with E-state index >= 15 is 0 Å². The molecule has 0 N–H and O–H groups in total. The first-order chi connectivity index (χ1) is 33.4.